The van der Waals surface area contributed by atoms with E-state index in [9.17, 15) is 0 Å². The lowest BCUT2D eigenvalue weighted by Gasteiger charge is -2.34. The summed E-state index contributed by atoms with van der Waals surface area (Å²) in [7, 11) is 0. The van der Waals surface area contributed by atoms with E-state index in [2.05, 4.69) is 9.88 Å². The van der Waals surface area contributed by atoms with Crippen LogP contribution in [-0.4, -0.2) is 29.0 Å². The minimum absolute atomic E-state index is 0.523. The van der Waals surface area contributed by atoms with Gasteiger partial charge in [0.1, 0.15) is 5.76 Å². The fraction of sp³-hybridized carbons (Fsp3) is 0.727. The Balaban J connectivity index is 2.00. The van der Waals surface area contributed by atoms with Gasteiger partial charge in [0.05, 0.1) is 5.69 Å². The van der Waals surface area contributed by atoms with Crippen LogP contribution in [0.2, 0.25) is 0 Å². The van der Waals surface area contributed by atoms with E-state index >= 15 is 0 Å². The van der Waals surface area contributed by atoms with Gasteiger partial charge in [0.2, 0.25) is 0 Å². The fourth-order valence-electron chi connectivity index (χ4n) is 2.21. The quantitative estimate of drug-likeness (QED) is 0.815. The predicted octanol–water partition coefficient (Wildman–Crippen LogP) is 1.30. The van der Waals surface area contributed by atoms with Gasteiger partial charge in [-0.25, -0.2) is 4.98 Å². The second-order valence-electron chi connectivity index (χ2n) is 4.21. The maximum atomic E-state index is 5.78. The maximum Gasteiger partial charge on any atom is 0.181 e. The van der Waals surface area contributed by atoms with Gasteiger partial charge in [-0.1, -0.05) is 6.42 Å². The number of hydrogen-bond acceptors (Lipinski definition) is 4. The number of aromatic nitrogens is 1. The normalized spacial score (nSPS) is 23.2. The SMILES string of the molecule is Cc1ocnc1CN1CCCCC1CN. The van der Waals surface area contributed by atoms with Crippen LogP contribution < -0.4 is 5.73 Å². The summed E-state index contributed by atoms with van der Waals surface area (Å²) in [5, 5.41) is 0. The summed E-state index contributed by atoms with van der Waals surface area (Å²) in [6.45, 7) is 4.72. The van der Waals surface area contributed by atoms with Crippen LogP contribution >= 0.6 is 0 Å². The van der Waals surface area contributed by atoms with Crippen LogP contribution in [0.15, 0.2) is 10.8 Å². The molecule has 1 aliphatic rings. The maximum absolute atomic E-state index is 5.78. The number of oxazole rings is 1. The lowest BCUT2D eigenvalue weighted by atomic mass is 10.0. The van der Waals surface area contributed by atoms with Crippen molar-refractivity contribution in [1.82, 2.24) is 9.88 Å². The lowest BCUT2D eigenvalue weighted by Crippen LogP contribution is -2.43. The highest BCUT2D eigenvalue weighted by atomic mass is 16.3. The molecule has 2 rings (SSSR count). The number of hydrogen-bond donors (Lipinski definition) is 1. The smallest absolute Gasteiger partial charge is 0.181 e. The summed E-state index contributed by atoms with van der Waals surface area (Å²) < 4.78 is 5.21. The van der Waals surface area contributed by atoms with Gasteiger partial charge in [-0.05, 0) is 26.3 Å². The van der Waals surface area contributed by atoms with Crippen molar-refractivity contribution in [2.75, 3.05) is 13.1 Å². The molecule has 0 saturated carbocycles. The van der Waals surface area contributed by atoms with Crippen LogP contribution in [0.4, 0.5) is 0 Å². The van der Waals surface area contributed by atoms with Crippen LogP contribution in [0.25, 0.3) is 0 Å². The first-order chi connectivity index (χ1) is 7.31. The molecule has 0 spiro atoms. The molecule has 1 saturated heterocycles. The molecule has 15 heavy (non-hydrogen) atoms. The predicted molar refractivity (Wildman–Crippen MR) is 58.3 cm³/mol. The molecule has 84 valence electrons. The molecule has 0 aromatic carbocycles. The van der Waals surface area contributed by atoms with E-state index in [0.29, 0.717) is 6.04 Å². The Morgan fingerprint density at radius 2 is 2.47 bits per heavy atom. The Hall–Kier alpha value is -0.870. The summed E-state index contributed by atoms with van der Waals surface area (Å²) in [4.78, 5) is 6.65. The lowest BCUT2D eigenvalue weighted by molar-refractivity contribution is 0.142. The molecule has 0 amide bonds. The molecule has 0 bridgehead atoms. The topological polar surface area (TPSA) is 55.3 Å². The summed E-state index contributed by atoms with van der Waals surface area (Å²) in [6, 6.07) is 0.523. The molecule has 4 nitrogen and oxygen atoms in total. The average molecular weight is 209 g/mol. The van der Waals surface area contributed by atoms with E-state index in [4.69, 9.17) is 10.2 Å². The summed E-state index contributed by atoms with van der Waals surface area (Å²) in [6.07, 6.45) is 5.31. The molecule has 2 N–H and O–H groups in total. The molecule has 4 heteroatoms. The molecule has 1 aromatic heterocycles. The molecule has 1 atom stereocenters. The highest BCUT2D eigenvalue weighted by Crippen LogP contribution is 2.19. The Bertz CT molecular complexity index is 311. The molecule has 1 aliphatic heterocycles. The Kier molecular flexibility index (Phi) is 3.38. The number of nitrogens with zero attached hydrogens (tertiary/aromatic N) is 2. The first-order valence-electron chi connectivity index (χ1n) is 5.64. The number of likely N-dealkylation sites (tertiary alicyclic amines) is 1. The standard InChI is InChI=1S/C11H19N3O/c1-9-11(13-8-15-9)7-14-5-3-2-4-10(14)6-12/h8,10H,2-7,12H2,1H3. The van der Waals surface area contributed by atoms with Crippen LogP contribution in [0.1, 0.15) is 30.7 Å². The zero-order valence-corrected chi connectivity index (χ0v) is 9.28. The number of piperidine rings is 1. The van der Waals surface area contributed by atoms with E-state index in [1.807, 2.05) is 6.92 Å². The summed E-state index contributed by atoms with van der Waals surface area (Å²) in [5.74, 6) is 0.927. The van der Waals surface area contributed by atoms with Crippen molar-refractivity contribution >= 4 is 0 Å². The van der Waals surface area contributed by atoms with E-state index in [0.717, 1.165) is 31.1 Å². The number of rotatable bonds is 3. The zero-order valence-electron chi connectivity index (χ0n) is 9.28. The molecule has 0 radical (unpaired) electrons. The van der Waals surface area contributed by atoms with Crippen molar-refractivity contribution in [3.63, 3.8) is 0 Å². The first kappa shape index (κ1) is 10.6. The van der Waals surface area contributed by atoms with Crippen LogP contribution in [0.5, 0.6) is 0 Å². The van der Waals surface area contributed by atoms with E-state index in [-0.39, 0.29) is 0 Å². The van der Waals surface area contributed by atoms with Gasteiger partial charge >= 0.3 is 0 Å². The Morgan fingerprint density at radius 1 is 1.60 bits per heavy atom. The largest absolute Gasteiger partial charge is 0.448 e. The first-order valence-corrected chi connectivity index (χ1v) is 5.64. The van der Waals surface area contributed by atoms with E-state index < -0.39 is 0 Å². The monoisotopic (exact) mass is 209 g/mol. The van der Waals surface area contributed by atoms with Crippen molar-refractivity contribution in [2.45, 2.75) is 38.8 Å². The molecule has 2 heterocycles. The molecule has 1 unspecified atom stereocenters. The minimum Gasteiger partial charge on any atom is -0.448 e. The fourth-order valence-corrected chi connectivity index (χ4v) is 2.21. The van der Waals surface area contributed by atoms with E-state index in [1.165, 1.54) is 25.7 Å². The van der Waals surface area contributed by atoms with Gasteiger partial charge in [-0.2, -0.15) is 0 Å². The highest BCUT2D eigenvalue weighted by Gasteiger charge is 2.22. The van der Waals surface area contributed by atoms with Gasteiger partial charge in [0.15, 0.2) is 6.39 Å². The molecule has 1 fully saturated rings. The molecule has 1 aromatic rings. The highest BCUT2D eigenvalue weighted by molar-refractivity contribution is 5.05. The van der Waals surface area contributed by atoms with Gasteiger partial charge in [-0.15, -0.1) is 0 Å². The molecular formula is C11H19N3O. The third-order valence-electron chi connectivity index (χ3n) is 3.22. The van der Waals surface area contributed by atoms with E-state index in [1.54, 1.807) is 0 Å². The van der Waals surface area contributed by atoms with Gasteiger partial charge < -0.3 is 10.2 Å². The van der Waals surface area contributed by atoms with Gasteiger partial charge in [0, 0.05) is 19.1 Å². The number of aryl methyl sites for hydroxylation is 1. The third kappa shape index (κ3) is 2.38. The van der Waals surface area contributed by atoms with Crippen LogP contribution in [0, 0.1) is 6.92 Å². The second-order valence-corrected chi connectivity index (χ2v) is 4.21. The average Bonchev–Trinajstić information content (AvgIpc) is 2.65. The van der Waals surface area contributed by atoms with Crippen molar-refractivity contribution in [3.05, 3.63) is 17.8 Å². The third-order valence-corrected chi connectivity index (χ3v) is 3.22. The van der Waals surface area contributed by atoms with Crippen LogP contribution in [0.3, 0.4) is 0 Å². The van der Waals surface area contributed by atoms with Crippen molar-refractivity contribution < 1.29 is 4.42 Å². The Morgan fingerprint density at radius 3 is 3.13 bits per heavy atom. The number of nitrogens with two attached hydrogens (primary N) is 1. The van der Waals surface area contributed by atoms with Crippen molar-refractivity contribution in [1.29, 1.82) is 0 Å². The van der Waals surface area contributed by atoms with Crippen LogP contribution in [-0.2, 0) is 6.54 Å². The second kappa shape index (κ2) is 4.77. The van der Waals surface area contributed by atoms with Gasteiger partial charge in [-0.3, -0.25) is 4.90 Å². The summed E-state index contributed by atoms with van der Waals surface area (Å²) >= 11 is 0. The molecular weight excluding hydrogens is 190 g/mol. The molecule has 0 aliphatic carbocycles. The van der Waals surface area contributed by atoms with Crippen molar-refractivity contribution in [3.8, 4) is 0 Å². The zero-order chi connectivity index (χ0) is 10.7. The minimum atomic E-state index is 0.523. The van der Waals surface area contributed by atoms with Gasteiger partial charge in [0.25, 0.3) is 0 Å². The van der Waals surface area contributed by atoms with Crippen molar-refractivity contribution in [2.24, 2.45) is 5.73 Å². The Labute approximate surface area is 90.5 Å². The summed E-state index contributed by atoms with van der Waals surface area (Å²) in [5.41, 5.74) is 6.83.